The van der Waals surface area contributed by atoms with Crippen LogP contribution in [-0.4, -0.2) is 16.4 Å². The van der Waals surface area contributed by atoms with E-state index in [1.165, 1.54) is 0 Å². The Morgan fingerprint density at radius 2 is 2.29 bits per heavy atom. The molecule has 17 heavy (non-hydrogen) atoms. The van der Waals surface area contributed by atoms with Gasteiger partial charge in [-0.2, -0.15) is 0 Å². The predicted molar refractivity (Wildman–Crippen MR) is 71.3 cm³/mol. The normalized spacial score (nSPS) is 27.9. The van der Waals surface area contributed by atoms with Gasteiger partial charge in [0.1, 0.15) is 12.5 Å². The van der Waals surface area contributed by atoms with Crippen LogP contribution in [0, 0.1) is 0 Å². The van der Waals surface area contributed by atoms with E-state index in [1.807, 2.05) is 24.3 Å². The Bertz CT molecular complexity index is 480. The quantitative estimate of drug-likeness (QED) is 0.806. The largest absolute Gasteiger partial charge is 0.610 e. The molecule has 1 aromatic carbocycles. The smallest absolute Gasteiger partial charge is 0.232 e. The van der Waals surface area contributed by atoms with Crippen molar-refractivity contribution in [2.24, 2.45) is 0 Å². The highest BCUT2D eigenvalue weighted by Crippen LogP contribution is 2.46. The molecule has 1 aromatic rings. The first-order valence-corrected chi connectivity index (χ1v) is 7.81. The van der Waals surface area contributed by atoms with Gasteiger partial charge in [0.25, 0.3) is 0 Å². The molecule has 2 aliphatic heterocycles. The highest BCUT2D eigenvalue weighted by atomic mass is 35.5. The van der Waals surface area contributed by atoms with Crippen molar-refractivity contribution in [3.63, 3.8) is 0 Å². The monoisotopic (exact) mass is 287 g/mol. The molecule has 0 saturated carbocycles. The zero-order chi connectivity index (χ0) is 11.8. The Morgan fingerprint density at radius 1 is 1.47 bits per heavy atom. The van der Waals surface area contributed by atoms with E-state index in [0.717, 1.165) is 16.2 Å². The van der Waals surface area contributed by atoms with Crippen molar-refractivity contribution in [1.29, 1.82) is 0 Å². The van der Waals surface area contributed by atoms with Gasteiger partial charge in [-0.15, -0.1) is 0 Å². The van der Waals surface area contributed by atoms with Gasteiger partial charge >= 0.3 is 0 Å². The van der Waals surface area contributed by atoms with Crippen LogP contribution in [0.5, 0.6) is 5.75 Å². The fraction of sp³-hybridized carbons (Fsp3) is 0.273. The molecule has 0 amide bonds. The zero-order valence-electron chi connectivity index (χ0n) is 8.81. The zero-order valence-corrected chi connectivity index (χ0v) is 11.2. The lowest BCUT2D eigenvalue weighted by molar-refractivity contribution is 0.244. The van der Waals surface area contributed by atoms with Crippen LogP contribution in [0.1, 0.15) is 11.6 Å². The summed E-state index contributed by atoms with van der Waals surface area (Å²) in [4.78, 5) is 0.959. The fourth-order valence-electron chi connectivity index (χ4n) is 1.93. The number of ether oxygens (including phenoxy) is 1. The molecular weight excluding hydrogens is 278 g/mol. The van der Waals surface area contributed by atoms with Gasteiger partial charge in [-0.05, 0) is 17.7 Å². The molecule has 3 rings (SSSR count). The van der Waals surface area contributed by atoms with Crippen LogP contribution in [0.15, 0.2) is 33.5 Å². The summed E-state index contributed by atoms with van der Waals surface area (Å²) in [6.45, 7) is 0.447. The fourth-order valence-corrected chi connectivity index (χ4v) is 5.24. The van der Waals surface area contributed by atoms with Crippen LogP contribution in [0.3, 0.4) is 0 Å². The van der Waals surface area contributed by atoms with E-state index in [1.54, 1.807) is 11.8 Å². The first-order chi connectivity index (χ1) is 8.27. The average Bonchev–Trinajstić information content (AvgIpc) is 2.69. The van der Waals surface area contributed by atoms with Crippen molar-refractivity contribution in [2.75, 3.05) is 11.8 Å². The Morgan fingerprint density at radius 3 is 3.06 bits per heavy atom. The van der Waals surface area contributed by atoms with E-state index in [9.17, 15) is 4.55 Å². The van der Waals surface area contributed by atoms with Gasteiger partial charge in [-0.3, -0.25) is 5.32 Å². The van der Waals surface area contributed by atoms with Crippen LogP contribution >= 0.6 is 23.4 Å². The minimum Gasteiger partial charge on any atom is -0.610 e. The highest BCUT2D eigenvalue weighted by molar-refractivity contribution is 8.19. The average molecular weight is 288 g/mol. The van der Waals surface area contributed by atoms with Crippen molar-refractivity contribution in [2.45, 2.75) is 6.04 Å². The molecule has 6 heteroatoms. The maximum absolute atomic E-state index is 11.6. The van der Waals surface area contributed by atoms with Crippen molar-refractivity contribution < 1.29 is 9.29 Å². The molecule has 0 aromatic heterocycles. The molecular formula is C11H10ClNO2S2. The molecule has 0 bridgehead atoms. The second-order valence-electron chi connectivity index (χ2n) is 3.71. The number of thioether (sulfide) groups is 1. The van der Waals surface area contributed by atoms with Gasteiger partial charge in [0.15, 0.2) is 5.08 Å². The maximum Gasteiger partial charge on any atom is 0.232 e. The van der Waals surface area contributed by atoms with Crippen molar-refractivity contribution in [3.8, 4) is 5.75 Å². The summed E-state index contributed by atoms with van der Waals surface area (Å²) in [5.41, 5.74) is 1.05. The molecule has 1 N–H and O–H groups in total. The summed E-state index contributed by atoms with van der Waals surface area (Å²) in [7, 11) is 0. The maximum atomic E-state index is 11.6. The number of halogens is 1. The molecule has 0 fully saturated rings. The molecule has 3 nitrogen and oxygen atoms in total. The Hall–Kier alpha value is -0.330. The minimum atomic E-state index is -1.05. The van der Waals surface area contributed by atoms with E-state index in [0.29, 0.717) is 16.2 Å². The first kappa shape index (κ1) is 11.7. The third-order valence-electron chi connectivity index (χ3n) is 2.72. The molecule has 2 atom stereocenters. The molecule has 0 saturated heterocycles. The second-order valence-corrected chi connectivity index (χ2v) is 7.08. The summed E-state index contributed by atoms with van der Waals surface area (Å²) in [6.07, 6.45) is 0. The van der Waals surface area contributed by atoms with Gasteiger partial charge < -0.3 is 9.29 Å². The van der Waals surface area contributed by atoms with Crippen LogP contribution in [0.2, 0.25) is 0 Å². The third kappa shape index (κ3) is 2.06. The molecule has 0 aliphatic carbocycles. The van der Waals surface area contributed by atoms with Gasteiger partial charge in [-0.1, -0.05) is 30.0 Å². The summed E-state index contributed by atoms with van der Waals surface area (Å²) >= 11 is 6.62. The number of nitrogens with one attached hydrogen (secondary N) is 1. The molecule has 2 unspecified atom stereocenters. The van der Waals surface area contributed by atoms with E-state index in [-0.39, 0.29) is 6.04 Å². The molecule has 0 radical (unpaired) electrons. The molecule has 2 heterocycles. The van der Waals surface area contributed by atoms with Crippen molar-refractivity contribution in [3.05, 3.63) is 39.1 Å². The van der Waals surface area contributed by atoms with Gasteiger partial charge in [0, 0.05) is 16.7 Å². The summed E-state index contributed by atoms with van der Waals surface area (Å²) < 4.78 is 17.6. The molecule has 90 valence electrons. The lowest BCUT2D eigenvalue weighted by Gasteiger charge is -2.26. The Kier molecular flexibility index (Phi) is 3.28. The van der Waals surface area contributed by atoms with Crippen LogP contribution in [0.4, 0.5) is 0 Å². The van der Waals surface area contributed by atoms with Crippen LogP contribution < -0.4 is 10.1 Å². The molecule has 0 spiro atoms. The summed E-state index contributed by atoms with van der Waals surface area (Å²) in [5.74, 6) is 0.867. The van der Waals surface area contributed by atoms with E-state index >= 15 is 0 Å². The van der Waals surface area contributed by atoms with Crippen LogP contribution in [0.25, 0.3) is 0 Å². The summed E-state index contributed by atoms with van der Waals surface area (Å²) in [5, 5.41) is 3.80. The Balaban J connectivity index is 2.01. The number of rotatable bonds is 1. The van der Waals surface area contributed by atoms with Crippen molar-refractivity contribution in [1.82, 2.24) is 5.32 Å². The van der Waals surface area contributed by atoms with E-state index in [4.69, 9.17) is 16.3 Å². The van der Waals surface area contributed by atoms with Gasteiger partial charge in [-0.25, -0.2) is 0 Å². The van der Waals surface area contributed by atoms with Gasteiger partial charge in [0.2, 0.25) is 4.36 Å². The third-order valence-corrected chi connectivity index (χ3v) is 6.38. The first-order valence-electron chi connectivity index (χ1n) is 5.13. The lowest BCUT2D eigenvalue weighted by Crippen LogP contribution is -2.31. The Labute approximate surface area is 112 Å². The number of benzene rings is 1. The lowest BCUT2D eigenvalue weighted by atomic mass is 10.0. The van der Waals surface area contributed by atoms with E-state index in [2.05, 4.69) is 5.32 Å². The topological polar surface area (TPSA) is 44.3 Å². The van der Waals surface area contributed by atoms with Gasteiger partial charge in [0.05, 0.1) is 10.9 Å². The van der Waals surface area contributed by atoms with Crippen LogP contribution in [-0.2, 0) is 11.2 Å². The highest BCUT2D eigenvalue weighted by Gasteiger charge is 2.35. The van der Waals surface area contributed by atoms with E-state index < -0.39 is 11.2 Å². The second kappa shape index (κ2) is 4.74. The standard InChI is InChI=1S/C11H10ClNO2S2/c12-11-10(16-6-17(11)14)9-7-3-1-2-4-8(7)15-5-13-9/h1-4,9,13H,5-6H2. The number of para-hydroxylation sites is 1. The molecule has 2 aliphatic rings. The number of hydrogen-bond acceptors (Lipinski definition) is 4. The predicted octanol–water partition coefficient (Wildman–Crippen LogP) is 2.53. The SMILES string of the molecule is [O-][S+]1CSC(C2NCOc3ccccc32)=C1Cl. The number of fused-ring (bicyclic) bond motifs is 1. The summed E-state index contributed by atoms with van der Waals surface area (Å²) in [6, 6.07) is 7.85. The number of hydrogen-bond donors (Lipinski definition) is 1. The van der Waals surface area contributed by atoms with Crippen molar-refractivity contribution >= 4 is 34.5 Å². The minimum absolute atomic E-state index is 0.00361.